The number of primary amides is 1. The highest BCUT2D eigenvalue weighted by molar-refractivity contribution is 7.98. The highest BCUT2D eigenvalue weighted by Crippen LogP contribution is 2.21. The molecule has 2 aromatic carbocycles. The van der Waals surface area contributed by atoms with Crippen molar-refractivity contribution >= 4 is 76.9 Å². The van der Waals surface area contributed by atoms with Crippen LogP contribution in [0.15, 0.2) is 60.7 Å². The molecule has 0 aliphatic carbocycles. The van der Waals surface area contributed by atoms with Crippen LogP contribution in [0.5, 0.6) is 0 Å². The van der Waals surface area contributed by atoms with Crippen molar-refractivity contribution in [1.82, 2.24) is 42.1 Å². The van der Waals surface area contributed by atoms with E-state index in [1.807, 2.05) is 13.8 Å². The first-order chi connectivity index (χ1) is 37.4. The number of hydrogen-bond acceptors (Lipinski definition) is 13. The van der Waals surface area contributed by atoms with Crippen molar-refractivity contribution in [2.45, 2.75) is 167 Å². The van der Waals surface area contributed by atoms with Crippen molar-refractivity contribution in [3.05, 3.63) is 71.8 Å². The first-order valence-corrected chi connectivity index (χ1v) is 28.2. The second-order valence-electron chi connectivity index (χ2n) is 20.8. The quantitative estimate of drug-likeness (QED) is 0.0464. The molecule has 0 saturated carbocycles. The van der Waals surface area contributed by atoms with E-state index in [1.54, 1.807) is 94.6 Å². The van der Waals surface area contributed by atoms with Crippen LogP contribution in [0.3, 0.4) is 0 Å². The Bertz CT molecular complexity index is 2400. The van der Waals surface area contributed by atoms with Gasteiger partial charge < -0.3 is 63.8 Å². The van der Waals surface area contributed by atoms with E-state index in [0.717, 1.165) is 0 Å². The molecule has 10 atom stereocenters. The van der Waals surface area contributed by atoms with Gasteiger partial charge in [-0.3, -0.25) is 47.9 Å². The van der Waals surface area contributed by atoms with E-state index in [1.165, 1.54) is 16.7 Å². The van der Waals surface area contributed by atoms with Gasteiger partial charge in [-0.2, -0.15) is 11.8 Å². The molecular weight excluding hydrogens is 1040 g/mol. The molecule has 3 rings (SSSR count). The molecule has 0 spiro atoms. The maximum atomic E-state index is 14.5. The van der Waals surface area contributed by atoms with Crippen molar-refractivity contribution in [2.75, 3.05) is 18.6 Å². The normalized spacial score (nSPS) is 16.6. The summed E-state index contributed by atoms with van der Waals surface area (Å²) in [5, 5.41) is 38.2. The summed E-state index contributed by atoms with van der Waals surface area (Å²) in [7, 11) is 0. The molecule has 0 bridgehead atoms. The van der Waals surface area contributed by atoms with E-state index >= 15 is 0 Å². The largest absolute Gasteiger partial charge is 0.481 e. The summed E-state index contributed by atoms with van der Waals surface area (Å²) in [6.45, 7) is 10.6. The predicted molar refractivity (Wildman–Crippen MR) is 296 cm³/mol. The molecule has 1 heterocycles. The van der Waals surface area contributed by atoms with Gasteiger partial charge in [-0.05, 0) is 79.4 Å². The van der Waals surface area contributed by atoms with E-state index in [9.17, 15) is 63.0 Å². The zero-order chi connectivity index (χ0) is 58.9. The van der Waals surface area contributed by atoms with Gasteiger partial charge in [0, 0.05) is 32.2 Å². The van der Waals surface area contributed by atoms with E-state index in [0.29, 0.717) is 29.7 Å². The third kappa shape index (κ3) is 22.3. The molecule has 0 aromatic heterocycles. The molecule has 0 unspecified atom stereocenters. The number of hydrogen-bond donors (Lipinski definition) is 11. The molecule has 24 heteroatoms. The molecule has 436 valence electrons. The Morgan fingerprint density at radius 2 is 1.09 bits per heavy atom. The van der Waals surface area contributed by atoms with Crippen LogP contribution in [0.2, 0.25) is 0 Å². The fourth-order valence-corrected chi connectivity index (χ4v) is 9.33. The molecule has 9 amide bonds. The van der Waals surface area contributed by atoms with Crippen LogP contribution >= 0.6 is 11.8 Å². The number of carboxylic acid groups (broad SMARTS) is 2. The Labute approximate surface area is 466 Å². The minimum absolute atomic E-state index is 0.0373. The van der Waals surface area contributed by atoms with Gasteiger partial charge in [0.2, 0.25) is 53.2 Å². The molecule has 13 N–H and O–H groups in total. The van der Waals surface area contributed by atoms with E-state index in [-0.39, 0.29) is 63.8 Å². The Hall–Kier alpha value is -7.08. The zero-order valence-corrected chi connectivity index (χ0v) is 47.1. The number of carboxylic acids is 2. The number of thioether (sulfide) groups is 1. The zero-order valence-electron chi connectivity index (χ0n) is 46.3. The third-order valence-electron chi connectivity index (χ3n) is 13.6. The highest BCUT2D eigenvalue weighted by atomic mass is 32.2. The van der Waals surface area contributed by atoms with Crippen molar-refractivity contribution in [3.63, 3.8) is 0 Å². The molecular formula is C55H82N10O13S. The summed E-state index contributed by atoms with van der Waals surface area (Å²) in [6.07, 6.45) is 1.73. The summed E-state index contributed by atoms with van der Waals surface area (Å²) < 4.78 is 0. The highest BCUT2D eigenvalue weighted by Gasteiger charge is 2.40. The average molecular weight is 1120 g/mol. The molecule has 1 fully saturated rings. The lowest BCUT2D eigenvalue weighted by Gasteiger charge is -2.31. The van der Waals surface area contributed by atoms with Crippen LogP contribution in [0.25, 0.3) is 0 Å². The second kappa shape index (κ2) is 33.4. The Morgan fingerprint density at radius 3 is 1.62 bits per heavy atom. The fourth-order valence-electron chi connectivity index (χ4n) is 8.86. The van der Waals surface area contributed by atoms with Gasteiger partial charge in [-0.1, -0.05) is 109 Å². The van der Waals surface area contributed by atoms with Crippen molar-refractivity contribution in [3.8, 4) is 0 Å². The number of nitrogens with zero attached hydrogens (tertiary/aromatic N) is 1. The Morgan fingerprint density at radius 1 is 0.608 bits per heavy atom. The molecule has 0 radical (unpaired) electrons. The first kappa shape index (κ1) is 66.2. The number of likely N-dealkylation sites (tertiary alicyclic amines) is 1. The number of nitrogens with two attached hydrogens (primary N) is 2. The topological polar surface area (TPSA) is 368 Å². The number of nitrogens with one attached hydrogen (secondary N) is 7. The smallest absolute Gasteiger partial charge is 0.326 e. The average Bonchev–Trinajstić information content (AvgIpc) is 3.93. The number of benzene rings is 2. The predicted octanol–water partition coefficient (Wildman–Crippen LogP) is 0.900. The van der Waals surface area contributed by atoms with Crippen LogP contribution in [0, 0.1) is 17.8 Å². The van der Waals surface area contributed by atoms with Crippen LogP contribution in [-0.4, -0.2) is 153 Å². The fraction of sp³-hybridized carbons (Fsp3) is 0.582. The van der Waals surface area contributed by atoms with Gasteiger partial charge in [0.1, 0.15) is 48.3 Å². The van der Waals surface area contributed by atoms with Crippen LogP contribution in [0.4, 0.5) is 0 Å². The monoisotopic (exact) mass is 1120 g/mol. The number of carbonyl (C=O) groups is 11. The standard InChI is InChI=1S/C55H82N10O13S/c1-8-33(6)46(64-49(71)37(22-24-44(67)68)58-47(69)36(56)21-23-43(57)66)53(75)59-38(25-27-79-7)48(70)60-39(28-31(2)3)50(72)61-40(29-34-16-11-9-12-17-34)51(73)63-45(32(4)5)52(74)62-41(30-35-18-13-10-14-19-35)54(76)65-26-15-20-42(65)55(77)78/h9-14,16-19,31-33,36-42,45-46H,8,15,20-30,56H2,1-7H3,(H2,57,66)(H,58,69)(H,59,75)(H,60,70)(H,61,72)(H,62,74)(H,63,73)(H,64,71)(H,67,68)(H,77,78)/t33-,36-,37-,38-,39-,40-,41-,42-,45-,46-/m0/s1. The summed E-state index contributed by atoms with van der Waals surface area (Å²) in [4.78, 5) is 149. The molecule has 79 heavy (non-hydrogen) atoms. The maximum Gasteiger partial charge on any atom is 0.326 e. The minimum Gasteiger partial charge on any atom is -0.481 e. The third-order valence-corrected chi connectivity index (χ3v) is 14.2. The summed E-state index contributed by atoms with van der Waals surface area (Å²) in [5.41, 5.74) is 12.4. The van der Waals surface area contributed by atoms with Crippen molar-refractivity contribution < 1.29 is 63.0 Å². The number of aliphatic carboxylic acids is 2. The van der Waals surface area contributed by atoms with E-state index in [4.69, 9.17) is 11.5 Å². The second-order valence-corrected chi connectivity index (χ2v) is 21.8. The first-order valence-electron chi connectivity index (χ1n) is 26.8. The minimum atomic E-state index is -1.46. The molecule has 1 aliphatic heterocycles. The van der Waals surface area contributed by atoms with Crippen molar-refractivity contribution in [1.29, 1.82) is 0 Å². The van der Waals surface area contributed by atoms with Gasteiger partial charge in [-0.15, -0.1) is 0 Å². The molecule has 1 aliphatic rings. The van der Waals surface area contributed by atoms with Crippen LogP contribution in [0.1, 0.15) is 110 Å². The van der Waals surface area contributed by atoms with Crippen molar-refractivity contribution in [2.24, 2.45) is 29.2 Å². The van der Waals surface area contributed by atoms with E-state index < -0.39 is 138 Å². The van der Waals surface area contributed by atoms with Gasteiger partial charge in [0.25, 0.3) is 0 Å². The van der Waals surface area contributed by atoms with Crippen LogP contribution < -0.4 is 48.7 Å². The molecule has 1 saturated heterocycles. The Balaban J connectivity index is 1.91. The van der Waals surface area contributed by atoms with E-state index in [2.05, 4.69) is 37.2 Å². The van der Waals surface area contributed by atoms with Gasteiger partial charge >= 0.3 is 11.9 Å². The summed E-state index contributed by atoms with van der Waals surface area (Å²) in [6, 6.07) is 6.30. The Kier molecular flexibility index (Phi) is 28.0. The summed E-state index contributed by atoms with van der Waals surface area (Å²) in [5.74, 6) is -10.2. The summed E-state index contributed by atoms with van der Waals surface area (Å²) >= 11 is 1.38. The maximum absolute atomic E-state index is 14.5. The molecule has 2 aromatic rings. The van der Waals surface area contributed by atoms with Crippen LogP contribution in [-0.2, 0) is 65.6 Å². The number of rotatable bonds is 34. The van der Waals surface area contributed by atoms with Gasteiger partial charge in [0.05, 0.1) is 6.04 Å². The lowest BCUT2D eigenvalue weighted by atomic mass is 9.96. The lowest BCUT2D eigenvalue weighted by Crippen LogP contribution is -2.61. The SMILES string of the molecule is CC[C@H](C)[C@H](NC(=O)[C@H](CCC(=O)O)NC(=O)[C@@H](N)CCC(N)=O)C(=O)N[C@@H](CCSC)C(=O)N[C@@H](CC(C)C)C(=O)N[C@@H](Cc1ccccc1)C(=O)N[C@H](C(=O)N[C@@H](Cc1ccccc1)C(=O)N1CCC[C@H]1C(=O)O)C(C)C. The van der Waals surface area contributed by atoms with Gasteiger partial charge in [-0.25, -0.2) is 4.79 Å². The number of carbonyl (C=O) groups excluding carboxylic acids is 9. The molecule has 23 nitrogen and oxygen atoms in total. The number of amides is 9. The lowest BCUT2D eigenvalue weighted by molar-refractivity contribution is -0.149. The van der Waals surface area contributed by atoms with Gasteiger partial charge in [0.15, 0.2) is 0 Å².